The fourth-order valence-corrected chi connectivity index (χ4v) is 2.30. The largest absolute Gasteiger partial charge is 0.363 e. The van der Waals surface area contributed by atoms with Gasteiger partial charge in [0.25, 0.3) is 5.91 Å². The van der Waals surface area contributed by atoms with Crippen molar-refractivity contribution in [3.05, 3.63) is 25.3 Å². The summed E-state index contributed by atoms with van der Waals surface area (Å²) in [5.74, 6) is 0.0160. The van der Waals surface area contributed by atoms with Crippen LogP contribution in [0.4, 0.5) is 0 Å². The number of amides is 1. The first-order valence-electron chi connectivity index (χ1n) is 6.45. The van der Waals surface area contributed by atoms with E-state index in [4.69, 9.17) is 24.4 Å². The zero-order valence-electron chi connectivity index (χ0n) is 11.4. The molecular weight excluding hydrogens is 292 g/mol. The lowest BCUT2D eigenvalue weighted by Gasteiger charge is -2.12. The molecule has 1 fully saturated rings. The molecule has 110 valence electrons. The number of thiocarbonyl (C=S) groups is 2. The van der Waals surface area contributed by atoms with E-state index in [1.807, 2.05) is 0 Å². The third-order valence-electron chi connectivity index (χ3n) is 2.78. The van der Waals surface area contributed by atoms with E-state index in [0.29, 0.717) is 36.3 Å². The average Bonchev–Trinajstić information content (AvgIpc) is 2.69. The minimum atomic E-state index is -0.237. The summed E-state index contributed by atoms with van der Waals surface area (Å²) in [6.07, 6.45) is 4.94. The van der Waals surface area contributed by atoms with Crippen molar-refractivity contribution in [2.75, 3.05) is 19.6 Å². The molecule has 1 heterocycles. The van der Waals surface area contributed by atoms with Crippen LogP contribution in [-0.4, -0.2) is 46.7 Å². The van der Waals surface area contributed by atoms with Crippen LogP contribution < -0.4 is 16.0 Å². The van der Waals surface area contributed by atoms with Crippen LogP contribution >= 0.6 is 24.4 Å². The molecule has 0 saturated carbocycles. The van der Waals surface area contributed by atoms with Gasteiger partial charge < -0.3 is 16.0 Å². The number of hydrogen-bond donors (Lipinski definition) is 3. The van der Waals surface area contributed by atoms with Crippen molar-refractivity contribution in [1.82, 2.24) is 20.9 Å². The summed E-state index contributed by atoms with van der Waals surface area (Å²) in [5, 5.41) is 10.2. The predicted octanol–water partition coefficient (Wildman–Crippen LogP) is 0.688. The van der Waals surface area contributed by atoms with Crippen molar-refractivity contribution in [1.29, 1.82) is 0 Å². The highest BCUT2D eigenvalue weighted by Gasteiger charge is 2.33. The molecule has 0 aromatic carbocycles. The molecule has 7 heteroatoms. The maximum Gasteiger partial charge on any atom is 0.251 e. The number of carbonyl (C=O) groups is 1. The van der Waals surface area contributed by atoms with Crippen molar-refractivity contribution in [2.45, 2.75) is 18.9 Å². The zero-order chi connectivity index (χ0) is 15.0. The van der Waals surface area contributed by atoms with E-state index in [9.17, 15) is 4.79 Å². The minimum Gasteiger partial charge on any atom is -0.363 e. The number of rotatable bonds is 8. The fourth-order valence-electron chi connectivity index (χ4n) is 1.81. The van der Waals surface area contributed by atoms with E-state index >= 15 is 0 Å². The second kappa shape index (κ2) is 8.65. The van der Waals surface area contributed by atoms with Gasteiger partial charge in [0.15, 0.2) is 10.2 Å². The van der Waals surface area contributed by atoms with Gasteiger partial charge in [-0.25, -0.2) is 0 Å². The second-order valence-corrected chi connectivity index (χ2v) is 5.10. The van der Waals surface area contributed by atoms with Crippen LogP contribution in [0.15, 0.2) is 25.3 Å². The second-order valence-electron chi connectivity index (χ2n) is 4.31. The molecule has 1 unspecified atom stereocenters. The normalized spacial score (nSPS) is 17.6. The lowest BCUT2D eigenvalue weighted by atomic mass is 10.1. The highest BCUT2D eigenvalue weighted by atomic mass is 32.1. The van der Waals surface area contributed by atoms with Crippen LogP contribution in [0, 0.1) is 0 Å². The molecule has 1 aliphatic rings. The van der Waals surface area contributed by atoms with Gasteiger partial charge in [-0.05, 0) is 37.3 Å². The first kappa shape index (κ1) is 16.6. The van der Waals surface area contributed by atoms with Gasteiger partial charge in [-0.2, -0.15) is 0 Å². The van der Waals surface area contributed by atoms with E-state index in [1.54, 1.807) is 12.2 Å². The van der Waals surface area contributed by atoms with Crippen molar-refractivity contribution in [3.63, 3.8) is 0 Å². The summed E-state index contributed by atoms with van der Waals surface area (Å²) in [4.78, 5) is 13.6. The molecule has 1 saturated heterocycles. The number of carbonyl (C=O) groups excluding carboxylic acids is 1. The SMILES string of the molecule is C=CCNC(=S)NCCCC1NC(=S)N(CC=C)C1=O. The van der Waals surface area contributed by atoms with E-state index < -0.39 is 0 Å². The highest BCUT2D eigenvalue weighted by molar-refractivity contribution is 7.80. The quantitative estimate of drug-likeness (QED) is 0.348. The molecule has 20 heavy (non-hydrogen) atoms. The molecule has 1 atom stereocenters. The Bertz CT molecular complexity index is 411. The molecule has 0 radical (unpaired) electrons. The molecule has 0 aliphatic carbocycles. The van der Waals surface area contributed by atoms with Gasteiger partial charge in [-0.3, -0.25) is 9.69 Å². The lowest BCUT2D eigenvalue weighted by molar-refractivity contribution is -0.126. The molecule has 1 aliphatic heterocycles. The predicted molar refractivity (Wildman–Crippen MR) is 89.5 cm³/mol. The first-order chi connectivity index (χ1) is 9.60. The Morgan fingerprint density at radius 2 is 2.15 bits per heavy atom. The number of nitrogens with zero attached hydrogens (tertiary/aromatic N) is 1. The Kier molecular flexibility index (Phi) is 7.17. The minimum absolute atomic E-state index is 0.0160. The third-order valence-corrected chi connectivity index (χ3v) is 3.41. The van der Waals surface area contributed by atoms with E-state index in [0.717, 1.165) is 6.42 Å². The molecule has 0 spiro atoms. The van der Waals surface area contributed by atoms with E-state index in [-0.39, 0.29) is 11.9 Å². The Morgan fingerprint density at radius 3 is 2.80 bits per heavy atom. The summed E-state index contributed by atoms with van der Waals surface area (Å²) < 4.78 is 0. The van der Waals surface area contributed by atoms with Gasteiger partial charge in [0.05, 0.1) is 0 Å². The maximum absolute atomic E-state index is 12.0. The molecule has 1 rings (SSSR count). The van der Waals surface area contributed by atoms with Crippen LogP contribution in [0.2, 0.25) is 0 Å². The van der Waals surface area contributed by atoms with Crippen LogP contribution in [0.3, 0.4) is 0 Å². The summed E-state index contributed by atoms with van der Waals surface area (Å²) in [7, 11) is 0. The average molecular weight is 312 g/mol. The van der Waals surface area contributed by atoms with Crippen LogP contribution in [0.1, 0.15) is 12.8 Å². The van der Waals surface area contributed by atoms with Crippen molar-refractivity contribution < 1.29 is 4.79 Å². The molecular formula is C13H20N4OS2. The van der Waals surface area contributed by atoms with E-state index in [1.165, 1.54) is 4.90 Å². The van der Waals surface area contributed by atoms with Gasteiger partial charge in [0.1, 0.15) is 6.04 Å². The summed E-state index contributed by atoms with van der Waals surface area (Å²) in [5.41, 5.74) is 0. The van der Waals surface area contributed by atoms with Crippen molar-refractivity contribution in [3.8, 4) is 0 Å². The molecule has 1 amide bonds. The van der Waals surface area contributed by atoms with Crippen molar-refractivity contribution >= 4 is 40.6 Å². The Balaban J connectivity index is 2.24. The monoisotopic (exact) mass is 312 g/mol. The highest BCUT2D eigenvalue weighted by Crippen LogP contribution is 2.10. The van der Waals surface area contributed by atoms with Crippen LogP contribution in [0.25, 0.3) is 0 Å². The third kappa shape index (κ3) is 4.90. The summed E-state index contributed by atoms with van der Waals surface area (Å²) in [6.45, 7) is 9.02. The van der Waals surface area contributed by atoms with Gasteiger partial charge in [-0.15, -0.1) is 13.2 Å². The van der Waals surface area contributed by atoms with Gasteiger partial charge >= 0.3 is 0 Å². The van der Waals surface area contributed by atoms with Crippen molar-refractivity contribution in [2.24, 2.45) is 0 Å². The first-order valence-corrected chi connectivity index (χ1v) is 7.27. The topological polar surface area (TPSA) is 56.4 Å². The Morgan fingerprint density at radius 1 is 1.40 bits per heavy atom. The Hall–Kier alpha value is -1.47. The molecule has 0 aromatic rings. The maximum atomic E-state index is 12.0. The number of hydrogen-bond acceptors (Lipinski definition) is 3. The number of nitrogens with one attached hydrogen (secondary N) is 3. The van der Waals surface area contributed by atoms with Crippen LogP contribution in [-0.2, 0) is 4.79 Å². The zero-order valence-corrected chi connectivity index (χ0v) is 13.0. The fraction of sp³-hybridized carbons (Fsp3) is 0.462. The van der Waals surface area contributed by atoms with E-state index in [2.05, 4.69) is 29.1 Å². The lowest BCUT2D eigenvalue weighted by Crippen LogP contribution is -2.36. The molecule has 0 aromatic heterocycles. The van der Waals surface area contributed by atoms with Gasteiger partial charge in [-0.1, -0.05) is 12.2 Å². The molecule has 0 bridgehead atoms. The standard InChI is InChI=1S/C13H20N4OS2/c1-3-7-14-12(19)15-8-5-6-10-11(18)17(9-4-2)13(20)16-10/h3-4,10H,1-2,5-9H2,(H,16,20)(H2,14,15,19). The summed E-state index contributed by atoms with van der Waals surface area (Å²) in [6, 6.07) is -0.237. The molecule has 3 N–H and O–H groups in total. The van der Waals surface area contributed by atoms with Gasteiger partial charge in [0.2, 0.25) is 0 Å². The van der Waals surface area contributed by atoms with Crippen LogP contribution in [0.5, 0.6) is 0 Å². The summed E-state index contributed by atoms with van der Waals surface area (Å²) >= 11 is 10.2. The smallest absolute Gasteiger partial charge is 0.251 e. The van der Waals surface area contributed by atoms with Gasteiger partial charge in [0, 0.05) is 19.6 Å². The Labute approximate surface area is 130 Å². The molecule has 5 nitrogen and oxygen atoms in total.